The number of fused-ring (bicyclic) bond motifs is 1. The first kappa shape index (κ1) is 16.5. The normalized spacial score (nSPS) is 13.2. The van der Waals surface area contributed by atoms with Gasteiger partial charge in [0.2, 0.25) is 0 Å². The summed E-state index contributed by atoms with van der Waals surface area (Å²) < 4.78 is 1.37. The van der Waals surface area contributed by atoms with Gasteiger partial charge in [0.25, 0.3) is 0 Å². The van der Waals surface area contributed by atoms with Crippen molar-refractivity contribution in [1.29, 1.82) is 0 Å². The molecule has 2 nitrogen and oxygen atoms in total. The van der Waals surface area contributed by atoms with Crippen molar-refractivity contribution in [2.45, 2.75) is 59.2 Å². The predicted molar refractivity (Wildman–Crippen MR) is 94.8 cm³/mol. The number of hydrogen-bond acceptors (Lipinski definition) is 3. The van der Waals surface area contributed by atoms with Crippen LogP contribution in [-0.2, 0) is 13.1 Å². The second-order valence-corrected chi connectivity index (χ2v) is 6.92. The van der Waals surface area contributed by atoms with Crippen molar-refractivity contribution >= 4 is 21.4 Å². The Morgan fingerprint density at radius 1 is 1.24 bits per heavy atom. The summed E-state index contributed by atoms with van der Waals surface area (Å²) in [6.45, 7) is 9.74. The van der Waals surface area contributed by atoms with E-state index in [2.05, 4.69) is 49.9 Å². The zero-order valence-electron chi connectivity index (χ0n) is 13.6. The molecule has 0 fully saturated rings. The molecule has 1 aromatic heterocycles. The van der Waals surface area contributed by atoms with Gasteiger partial charge in [0.15, 0.2) is 0 Å². The summed E-state index contributed by atoms with van der Waals surface area (Å²) in [5, 5.41) is 1.40. The second-order valence-electron chi connectivity index (χ2n) is 5.79. The first-order chi connectivity index (χ1) is 10.2. The Bertz CT molecular complexity index is 561. The Morgan fingerprint density at radius 3 is 2.67 bits per heavy atom. The Hall–Kier alpha value is -0.900. The summed E-state index contributed by atoms with van der Waals surface area (Å²) in [6, 6.07) is 9.34. The molecule has 0 saturated carbocycles. The van der Waals surface area contributed by atoms with Gasteiger partial charge in [-0.3, -0.25) is 4.90 Å². The predicted octanol–water partition coefficient (Wildman–Crippen LogP) is 4.76. The van der Waals surface area contributed by atoms with Crippen LogP contribution in [-0.4, -0.2) is 17.5 Å². The molecule has 2 rings (SSSR count). The summed E-state index contributed by atoms with van der Waals surface area (Å²) in [5.41, 5.74) is 7.44. The van der Waals surface area contributed by atoms with E-state index in [1.165, 1.54) is 46.3 Å². The SMILES string of the molecule is CCCCN(Cc1c(CN)sc2ccccc12)C(C)CC. The van der Waals surface area contributed by atoms with Crippen molar-refractivity contribution in [3.05, 3.63) is 34.7 Å². The fraction of sp³-hybridized carbons (Fsp3) is 0.556. The molecule has 1 aromatic carbocycles. The topological polar surface area (TPSA) is 29.3 Å². The number of benzene rings is 1. The lowest BCUT2D eigenvalue weighted by molar-refractivity contribution is 0.192. The number of nitrogens with two attached hydrogens (primary N) is 1. The van der Waals surface area contributed by atoms with E-state index in [1.54, 1.807) is 0 Å². The second kappa shape index (κ2) is 7.92. The molecule has 3 heteroatoms. The van der Waals surface area contributed by atoms with E-state index in [-0.39, 0.29) is 0 Å². The van der Waals surface area contributed by atoms with Crippen LogP contribution >= 0.6 is 11.3 Å². The summed E-state index contributed by atoms with van der Waals surface area (Å²) in [4.78, 5) is 3.97. The van der Waals surface area contributed by atoms with Crippen LogP contribution in [0.2, 0.25) is 0 Å². The molecule has 116 valence electrons. The molecule has 0 radical (unpaired) electrons. The van der Waals surface area contributed by atoms with E-state index in [4.69, 9.17) is 5.73 Å². The minimum atomic E-state index is 0.626. The molecule has 2 aromatic rings. The van der Waals surface area contributed by atoms with Crippen molar-refractivity contribution < 1.29 is 0 Å². The average molecular weight is 305 g/mol. The van der Waals surface area contributed by atoms with Crippen LogP contribution in [0, 0.1) is 0 Å². The van der Waals surface area contributed by atoms with Gasteiger partial charge in [0, 0.05) is 28.7 Å². The largest absolute Gasteiger partial charge is 0.326 e. The number of hydrogen-bond donors (Lipinski definition) is 1. The smallest absolute Gasteiger partial charge is 0.0349 e. The maximum Gasteiger partial charge on any atom is 0.0349 e. The number of thiophene rings is 1. The quantitative estimate of drug-likeness (QED) is 0.762. The van der Waals surface area contributed by atoms with Crippen molar-refractivity contribution in [3.63, 3.8) is 0 Å². The molecule has 0 spiro atoms. The zero-order chi connectivity index (χ0) is 15.2. The number of unbranched alkanes of at least 4 members (excludes halogenated alkanes) is 1. The van der Waals surface area contributed by atoms with Crippen LogP contribution < -0.4 is 5.73 Å². The van der Waals surface area contributed by atoms with E-state index < -0.39 is 0 Å². The highest BCUT2D eigenvalue weighted by Gasteiger charge is 2.17. The first-order valence-electron chi connectivity index (χ1n) is 8.14. The highest BCUT2D eigenvalue weighted by molar-refractivity contribution is 7.19. The summed E-state index contributed by atoms with van der Waals surface area (Å²) in [6.07, 6.45) is 3.72. The maximum absolute atomic E-state index is 5.99. The van der Waals surface area contributed by atoms with Crippen LogP contribution in [0.25, 0.3) is 10.1 Å². The van der Waals surface area contributed by atoms with Gasteiger partial charge in [-0.2, -0.15) is 0 Å². The molecule has 0 amide bonds. The molecule has 1 unspecified atom stereocenters. The molecule has 1 atom stereocenters. The highest BCUT2D eigenvalue weighted by Crippen LogP contribution is 2.32. The Labute approximate surface area is 133 Å². The molecule has 1 heterocycles. The van der Waals surface area contributed by atoms with Gasteiger partial charge >= 0.3 is 0 Å². The van der Waals surface area contributed by atoms with Gasteiger partial charge < -0.3 is 5.73 Å². The molecule has 0 aliphatic carbocycles. The van der Waals surface area contributed by atoms with Gasteiger partial charge in [0.1, 0.15) is 0 Å². The van der Waals surface area contributed by atoms with Gasteiger partial charge in [-0.1, -0.05) is 38.5 Å². The van der Waals surface area contributed by atoms with Crippen LogP contribution in [0.4, 0.5) is 0 Å². The third-order valence-corrected chi connectivity index (χ3v) is 5.58. The average Bonchev–Trinajstić information content (AvgIpc) is 2.88. The lowest BCUT2D eigenvalue weighted by Crippen LogP contribution is -2.33. The van der Waals surface area contributed by atoms with E-state index in [9.17, 15) is 0 Å². The molecular weight excluding hydrogens is 276 g/mol. The molecule has 0 aliphatic rings. The van der Waals surface area contributed by atoms with Crippen molar-refractivity contribution in [3.8, 4) is 0 Å². The monoisotopic (exact) mass is 304 g/mol. The van der Waals surface area contributed by atoms with Crippen molar-refractivity contribution in [2.24, 2.45) is 5.73 Å². The summed E-state index contributed by atoms with van der Waals surface area (Å²) in [7, 11) is 0. The van der Waals surface area contributed by atoms with E-state index in [0.717, 1.165) is 6.54 Å². The minimum absolute atomic E-state index is 0.626. The molecule has 0 aliphatic heterocycles. The summed E-state index contributed by atoms with van der Waals surface area (Å²) >= 11 is 1.86. The van der Waals surface area contributed by atoms with Gasteiger partial charge in [-0.25, -0.2) is 0 Å². The van der Waals surface area contributed by atoms with Gasteiger partial charge in [-0.05, 0) is 43.3 Å². The van der Waals surface area contributed by atoms with Crippen LogP contribution in [0.5, 0.6) is 0 Å². The molecular formula is C18H28N2S. The number of nitrogens with zero attached hydrogens (tertiary/aromatic N) is 1. The van der Waals surface area contributed by atoms with Gasteiger partial charge in [-0.15, -0.1) is 11.3 Å². The van der Waals surface area contributed by atoms with Crippen LogP contribution in [0.1, 0.15) is 50.5 Å². The lowest BCUT2D eigenvalue weighted by Gasteiger charge is -2.28. The van der Waals surface area contributed by atoms with Crippen LogP contribution in [0.3, 0.4) is 0 Å². The highest BCUT2D eigenvalue weighted by atomic mass is 32.1. The zero-order valence-corrected chi connectivity index (χ0v) is 14.4. The maximum atomic E-state index is 5.99. The molecule has 0 bridgehead atoms. The van der Waals surface area contributed by atoms with E-state index in [0.29, 0.717) is 12.6 Å². The Balaban J connectivity index is 2.30. The van der Waals surface area contributed by atoms with Crippen LogP contribution in [0.15, 0.2) is 24.3 Å². The third kappa shape index (κ3) is 3.85. The van der Waals surface area contributed by atoms with Crippen molar-refractivity contribution in [2.75, 3.05) is 6.54 Å². The molecule has 2 N–H and O–H groups in total. The van der Waals surface area contributed by atoms with Crippen molar-refractivity contribution in [1.82, 2.24) is 4.90 Å². The standard InChI is InChI=1S/C18H28N2S/c1-4-6-11-20(14(3)5-2)13-16-15-9-7-8-10-17(15)21-18(16)12-19/h7-10,14H,4-6,11-13,19H2,1-3H3. The number of rotatable bonds is 8. The first-order valence-corrected chi connectivity index (χ1v) is 8.96. The fourth-order valence-corrected chi connectivity index (χ4v) is 3.86. The van der Waals surface area contributed by atoms with E-state index >= 15 is 0 Å². The molecule has 21 heavy (non-hydrogen) atoms. The fourth-order valence-electron chi connectivity index (χ4n) is 2.77. The Morgan fingerprint density at radius 2 is 2.00 bits per heavy atom. The lowest BCUT2D eigenvalue weighted by atomic mass is 10.1. The van der Waals surface area contributed by atoms with E-state index in [1.807, 2.05) is 11.3 Å². The third-order valence-electron chi connectivity index (χ3n) is 4.34. The van der Waals surface area contributed by atoms with Gasteiger partial charge in [0.05, 0.1) is 0 Å². The summed E-state index contributed by atoms with van der Waals surface area (Å²) in [5.74, 6) is 0. The minimum Gasteiger partial charge on any atom is -0.326 e. The Kier molecular flexibility index (Phi) is 6.22. The molecule has 0 saturated heterocycles.